The Labute approximate surface area is 288 Å². The molecule has 0 saturated carbocycles. The van der Waals surface area contributed by atoms with Crippen molar-refractivity contribution in [2.75, 3.05) is 0 Å². The van der Waals surface area contributed by atoms with Crippen LogP contribution in [0.15, 0.2) is 79.0 Å². The molecule has 1 unspecified atom stereocenters. The van der Waals surface area contributed by atoms with Crippen LogP contribution >= 0.6 is 23.2 Å². The van der Waals surface area contributed by atoms with Gasteiger partial charge in [0, 0.05) is 12.3 Å². The minimum Gasteiger partial charge on any atom is -0.479 e. The molecule has 2 N–H and O–H groups in total. The largest absolute Gasteiger partial charge is 0.479 e. The van der Waals surface area contributed by atoms with E-state index in [-0.39, 0.29) is 33.0 Å². The molecule has 0 spiro atoms. The van der Waals surface area contributed by atoms with Gasteiger partial charge in [-0.05, 0) is 80.6 Å². The number of pyridine rings is 1. The lowest BCUT2D eigenvalue weighted by molar-refractivity contribution is -0.146. The van der Waals surface area contributed by atoms with Gasteiger partial charge in [-0.3, -0.25) is 0 Å². The summed E-state index contributed by atoms with van der Waals surface area (Å²) < 4.78 is 95.8. The summed E-state index contributed by atoms with van der Waals surface area (Å²) in [5, 5.41) is 17.2. The fourth-order valence-electron chi connectivity index (χ4n) is 3.46. The number of carboxylic acids is 2. The Bertz CT molecular complexity index is 1820. The molecule has 0 aliphatic heterocycles. The lowest BCUT2D eigenvalue weighted by Crippen LogP contribution is -2.23. The average molecular weight is 750 g/mol. The van der Waals surface area contributed by atoms with Crippen LogP contribution in [0, 0.1) is 0 Å². The maximum atomic E-state index is 12.7. The molecule has 0 amide bonds. The van der Waals surface area contributed by atoms with Gasteiger partial charge in [-0.25, -0.2) is 19.4 Å². The number of benzene rings is 3. The lowest BCUT2D eigenvalue weighted by atomic mass is 10.2. The van der Waals surface area contributed by atoms with E-state index in [1.54, 1.807) is 0 Å². The van der Waals surface area contributed by atoms with Crippen molar-refractivity contribution in [3.63, 3.8) is 0 Å². The van der Waals surface area contributed by atoms with Crippen molar-refractivity contribution < 1.29 is 69.9 Å². The monoisotopic (exact) mass is 749 g/mol. The zero-order valence-corrected chi connectivity index (χ0v) is 26.9. The van der Waals surface area contributed by atoms with Crippen molar-refractivity contribution >= 4 is 41.1 Å². The molecule has 0 fully saturated rings. The standard InChI is InChI=1S/C17H11Cl2F3O5.C15H12F3NO4/c1-8(15(23)24)26-16(25)11-7-10(3-4-12(11)18)27-14-5-2-9(6-13(14)19)17(20,21)22;1-9(14(20)21)22-11-3-5-12(6-4-11)23-13-7-2-10(8-19-13)15(16,17)18/h2-8H,1H3,(H,23,24);2-9H,1H3,(H,20,21)/t8-;/m0./s1. The fourth-order valence-corrected chi connectivity index (χ4v) is 3.87. The Morgan fingerprint density at radius 3 is 1.76 bits per heavy atom. The van der Waals surface area contributed by atoms with Crippen molar-refractivity contribution in [2.45, 2.75) is 38.4 Å². The molecule has 0 radical (unpaired) electrons. The topological polar surface area (TPSA) is 141 Å². The highest BCUT2D eigenvalue weighted by Crippen LogP contribution is 2.37. The highest BCUT2D eigenvalue weighted by Gasteiger charge is 2.32. The third-order valence-corrected chi connectivity index (χ3v) is 6.67. The van der Waals surface area contributed by atoms with Gasteiger partial charge in [-0.1, -0.05) is 23.2 Å². The quantitative estimate of drug-likeness (QED) is 0.119. The summed E-state index contributed by atoms with van der Waals surface area (Å²) in [6.45, 7) is 2.55. The van der Waals surface area contributed by atoms with E-state index in [1.807, 2.05) is 0 Å². The molecule has 50 heavy (non-hydrogen) atoms. The molecule has 0 bridgehead atoms. The van der Waals surface area contributed by atoms with E-state index in [0.717, 1.165) is 37.3 Å². The van der Waals surface area contributed by atoms with Crippen molar-refractivity contribution in [3.8, 4) is 28.9 Å². The van der Waals surface area contributed by atoms with Crippen LogP contribution in [0.5, 0.6) is 28.9 Å². The highest BCUT2D eigenvalue weighted by molar-refractivity contribution is 6.33. The molecule has 0 saturated heterocycles. The number of hydrogen-bond donors (Lipinski definition) is 2. The Morgan fingerprint density at radius 1 is 0.680 bits per heavy atom. The van der Waals surface area contributed by atoms with E-state index >= 15 is 0 Å². The van der Waals surface area contributed by atoms with Gasteiger partial charge in [0.25, 0.3) is 0 Å². The van der Waals surface area contributed by atoms with Crippen LogP contribution in [-0.4, -0.2) is 45.3 Å². The van der Waals surface area contributed by atoms with Crippen LogP contribution in [-0.2, 0) is 26.7 Å². The number of alkyl halides is 6. The van der Waals surface area contributed by atoms with E-state index in [4.69, 9.17) is 52.4 Å². The molecule has 0 aliphatic carbocycles. The first-order chi connectivity index (χ1) is 23.2. The third kappa shape index (κ3) is 11.4. The smallest absolute Gasteiger partial charge is 0.417 e. The molecular formula is C32H23Cl2F6NO9. The van der Waals surface area contributed by atoms with Gasteiger partial charge >= 0.3 is 30.3 Å². The molecule has 3 aromatic carbocycles. The van der Waals surface area contributed by atoms with Crippen LogP contribution in [0.25, 0.3) is 0 Å². The first kappa shape index (κ1) is 39.2. The zero-order valence-electron chi connectivity index (χ0n) is 25.4. The number of nitrogens with zero attached hydrogens (tertiary/aromatic N) is 1. The molecule has 4 aromatic rings. The number of carbonyl (C=O) groups excluding carboxylic acids is 1. The van der Waals surface area contributed by atoms with Gasteiger partial charge in [0.05, 0.1) is 26.7 Å². The summed E-state index contributed by atoms with van der Waals surface area (Å²) in [5.74, 6) is -2.83. The predicted octanol–water partition coefficient (Wildman–Crippen LogP) is 9.18. The molecule has 10 nitrogen and oxygen atoms in total. The second-order valence-corrected chi connectivity index (χ2v) is 10.6. The minimum absolute atomic E-state index is 0.00516. The van der Waals surface area contributed by atoms with Gasteiger partial charge in [0.1, 0.15) is 23.0 Å². The predicted molar refractivity (Wildman–Crippen MR) is 164 cm³/mol. The summed E-state index contributed by atoms with van der Waals surface area (Å²) >= 11 is 11.7. The maximum Gasteiger partial charge on any atom is 0.417 e. The first-order valence-corrected chi connectivity index (χ1v) is 14.5. The van der Waals surface area contributed by atoms with E-state index in [0.29, 0.717) is 23.8 Å². The van der Waals surface area contributed by atoms with Gasteiger partial charge < -0.3 is 29.2 Å². The zero-order chi connectivity index (χ0) is 37.4. The summed E-state index contributed by atoms with van der Waals surface area (Å²) in [6, 6.07) is 14.3. The summed E-state index contributed by atoms with van der Waals surface area (Å²) in [7, 11) is 0. The number of rotatable bonds is 10. The van der Waals surface area contributed by atoms with E-state index in [1.165, 1.54) is 43.3 Å². The third-order valence-electron chi connectivity index (χ3n) is 6.05. The first-order valence-electron chi connectivity index (χ1n) is 13.7. The molecule has 0 aliphatic rings. The fraction of sp³-hybridized carbons (Fsp3) is 0.188. The van der Waals surface area contributed by atoms with Crippen molar-refractivity contribution in [1.82, 2.24) is 4.98 Å². The van der Waals surface area contributed by atoms with Crippen LogP contribution in [0.2, 0.25) is 10.0 Å². The van der Waals surface area contributed by atoms with E-state index < -0.39 is 53.6 Å². The second kappa shape index (κ2) is 16.5. The van der Waals surface area contributed by atoms with E-state index in [9.17, 15) is 40.7 Å². The van der Waals surface area contributed by atoms with Gasteiger partial charge in [0.2, 0.25) is 5.88 Å². The molecule has 2 atom stereocenters. The maximum absolute atomic E-state index is 12.7. The van der Waals surface area contributed by atoms with Crippen molar-refractivity contribution in [1.29, 1.82) is 0 Å². The molecule has 1 aromatic heterocycles. The molecule has 18 heteroatoms. The number of ether oxygens (including phenoxy) is 4. The van der Waals surface area contributed by atoms with Crippen molar-refractivity contribution in [3.05, 3.63) is 106 Å². The number of carboxylic acid groups (broad SMARTS) is 2. The number of esters is 1. The number of aromatic nitrogens is 1. The Hall–Kier alpha value is -5.22. The molecule has 4 rings (SSSR count). The number of halogens is 8. The summed E-state index contributed by atoms with van der Waals surface area (Å²) in [4.78, 5) is 37.1. The second-order valence-electron chi connectivity index (χ2n) is 9.83. The Kier molecular flexibility index (Phi) is 12.9. The number of carbonyl (C=O) groups is 3. The van der Waals surface area contributed by atoms with Crippen LogP contribution in [0.1, 0.15) is 35.3 Å². The van der Waals surface area contributed by atoms with Gasteiger partial charge in [0.15, 0.2) is 12.2 Å². The van der Waals surface area contributed by atoms with E-state index in [2.05, 4.69) is 4.98 Å². The normalized spacial score (nSPS) is 12.4. The Morgan fingerprint density at radius 2 is 1.24 bits per heavy atom. The summed E-state index contributed by atoms with van der Waals surface area (Å²) in [6.07, 6.45) is -10.7. The SMILES string of the molecule is CC(Oc1ccc(Oc2ccc(C(F)(F)F)cn2)cc1)C(=O)O.C[C@H](OC(=O)c1cc(Oc2ccc(C(F)(F)F)cc2Cl)ccc1Cl)C(=O)O. The number of hydrogen-bond acceptors (Lipinski definition) is 8. The highest BCUT2D eigenvalue weighted by atomic mass is 35.5. The number of aliphatic carboxylic acids is 2. The molecular weight excluding hydrogens is 727 g/mol. The minimum atomic E-state index is -4.56. The Balaban J connectivity index is 0.000000274. The van der Waals surface area contributed by atoms with Crippen LogP contribution in [0.3, 0.4) is 0 Å². The summed E-state index contributed by atoms with van der Waals surface area (Å²) in [5.41, 5.74) is -1.98. The van der Waals surface area contributed by atoms with Crippen LogP contribution in [0.4, 0.5) is 26.3 Å². The molecule has 266 valence electrons. The van der Waals surface area contributed by atoms with Crippen LogP contribution < -0.4 is 14.2 Å². The van der Waals surface area contributed by atoms with Crippen molar-refractivity contribution in [2.24, 2.45) is 0 Å². The average Bonchev–Trinajstić information content (AvgIpc) is 3.03. The lowest BCUT2D eigenvalue weighted by Gasteiger charge is -2.13. The molecule has 1 heterocycles. The van der Waals surface area contributed by atoms with Gasteiger partial charge in [-0.2, -0.15) is 26.3 Å². The van der Waals surface area contributed by atoms with Gasteiger partial charge in [-0.15, -0.1) is 0 Å².